The van der Waals surface area contributed by atoms with E-state index in [1.54, 1.807) is 11.1 Å². The van der Waals surface area contributed by atoms with E-state index >= 15 is 0 Å². The van der Waals surface area contributed by atoms with Crippen LogP contribution in [0.4, 0.5) is 16.4 Å². The smallest absolute Gasteiger partial charge is 0.322 e. The van der Waals surface area contributed by atoms with E-state index in [9.17, 15) is 9.59 Å². The number of piperazine rings is 1. The average Bonchev–Trinajstić information content (AvgIpc) is 3.15. The standard InChI is InChI=1S/C25H33N7O2/c1-18-20(15-27-22(28-18)31-14-13-26-21(33)16-31)32-17-24(29-23(32)34)9-11-25(12-10-24,30(2)3)19-7-5-4-6-8-19/h4-8,15H,9-14,16-17H2,1-3H3,(H,26,33)(H,29,34). The summed E-state index contributed by atoms with van der Waals surface area (Å²) in [5.41, 5.74) is 2.54. The second-order valence-electron chi connectivity index (χ2n) is 10.0. The number of nitrogens with one attached hydrogen (secondary N) is 2. The van der Waals surface area contributed by atoms with Crippen LogP contribution in [-0.4, -0.2) is 72.6 Å². The maximum atomic E-state index is 13.1. The molecule has 2 aromatic rings. The Bertz CT molecular complexity index is 1080. The third kappa shape index (κ3) is 3.87. The molecule has 1 spiro atoms. The van der Waals surface area contributed by atoms with Crippen LogP contribution in [0, 0.1) is 6.92 Å². The number of urea groups is 1. The lowest BCUT2D eigenvalue weighted by atomic mass is 9.69. The van der Waals surface area contributed by atoms with Gasteiger partial charge in [0.2, 0.25) is 11.9 Å². The molecule has 3 fully saturated rings. The Morgan fingerprint density at radius 2 is 1.79 bits per heavy atom. The summed E-state index contributed by atoms with van der Waals surface area (Å²) in [6, 6.07) is 10.6. The first-order valence-corrected chi connectivity index (χ1v) is 12.0. The second kappa shape index (κ2) is 8.54. The summed E-state index contributed by atoms with van der Waals surface area (Å²) in [5.74, 6) is 0.501. The Kier molecular flexibility index (Phi) is 5.67. The molecule has 1 aliphatic carbocycles. The molecule has 2 N–H and O–H groups in total. The first kappa shape index (κ1) is 22.6. The largest absolute Gasteiger partial charge is 0.353 e. The summed E-state index contributed by atoms with van der Waals surface area (Å²) in [5, 5.41) is 6.12. The van der Waals surface area contributed by atoms with Gasteiger partial charge in [0.15, 0.2) is 0 Å². The zero-order chi connectivity index (χ0) is 23.9. The van der Waals surface area contributed by atoms with Gasteiger partial charge in [0.1, 0.15) is 0 Å². The molecule has 2 aliphatic heterocycles. The van der Waals surface area contributed by atoms with E-state index in [2.05, 4.69) is 69.9 Å². The number of aromatic nitrogens is 2. The second-order valence-corrected chi connectivity index (χ2v) is 10.0. The molecule has 180 valence electrons. The van der Waals surface area contributed by atoms with E-state index in [0.29, 0.717) is 25.6 Å². The van der Waals surface area contributed by atoms with Crippen LogP contribution >= 0.6 is 0 Å². The van der Waals surface area contributed by atoms with Crippen molar-refractivity contribution in [3.63, 3.8) is 0 Å². The predicted octanol–water partition coefficient (Wildman–Crippen LogP) is 2.02. The molecule has 1 saturated carbocycles. The van der Waals surface area contributed by atoms with Crippen LogP contribution in [0.15, 0.2) is 36.5 Å². The molecule has 0 unspecified atom stereocenters. The fourth-order valence-electron chi connectivity index (χ4n) is 5.75. The number of carbonyl (C=O) groups is 2. The van der Waals surface area contributed by atoms with Crippen molar-refractivity contribution in [3.05, 3.63) is 47.8 Å². The molecular formula is C25H33N7O2. The summed E-state index contributed by atoms with van der Waals surface area (Å²) in [7, 11) is 4.30. The van der Waals surface area contributed by atoms with E-state index in [4.69, 9.17) is 0 Å². The number of hydrogen-bond acceptors (Lipinski definition) is 6. The van der Waals surface area contributed by atoms with Gasteiger partial charge in [-0.1, -0.05) is 30.3 Å². The molecule has 9 heteroatoms. The number of rotatable bonds is 4. The van der Waals surface area contributed by atoms with Crippen LogP contribution in [0.25, 0.3) is 0 Å². The number of carbonyl (C=O) groups excluding carboxylic acids is 2. The van der Waals surface area contributed by atoms with Gasteiger partial charge in [-0.2, -0.15) is 0 Å². The molecular weight excluding hydrogens is 430 g/mol. The molecule has 34 heavy (non-hydrogen) atoms. The molecule has 0 radical (unpaired) electrons. The maximum absolute atomic E-state index is 13.1. The first-order valence-electron chi connectivity index (χ1n) is 12.0. The van der Waals surface area contributed by atoms with Gasteiger partial charge in [0, 0.05) is 18.6 Å². The van der Waals surface area contributed by atoms with Crippen molar-refractivity contribution in [2.75, 3.05) is 50.1 Å². The van der Waals surface area contributed by atoms with Crippen LogP contribution in [-0.2, 0) is 10.3 Å². The molecule has 0 atom stereocenters. The Hall–Kier alpha value is -3.20. The van der Waals surface area contributed by atoms with Crippen molar-refractivity contribution in [3.8, 4) is 0 Å². The first-order chi connectivity index (χ1) is 16.3. The van der Waals surface area contributed by atoms with Crippen LogP contribution in [0.3, 0.4) is 0 Å². The molecule has 2 saturated heterocycles. The van der Waals surface area contributed by atoms with Gasteiger partial charge in [-0.25, -0.2) is 14.8 Å². The summed E-state index contributed by atoms with van der Waals surface area (Å²) in [6.45, 7) is 4.02. The minimum atomic E-state index is -0.249. The minimum absolute atomic E-state index is 0.0218. The normalized spacial score (nSPS) is 27.3. The number of hydrogen-bond donors (Lipinski definition) is 2. The van der Waals surface area contributed by atoms with Gasteiger partial charge in [-0.15, -0.1) is 0 Å². The minimum Gasteiger partial charge on any atom is -0.353 e. The van der Waals surface area contributed by atoms with Gasteiger partial charge < -0.3 is 15.5 Å². The van der Waals surface area contributed by atoms with Gasteiger partial charge >= 0.3 is 6.03 Å². The monoisotopic (exact) mass is 463 g/mol. The lowest BCUT2D eigenvalue weighted by Crippen LogP contribution is -2.54. The van der Waals surface area contributed by atoms with E-state index in [-0.39, 0.29) is 29.6 Å². The van der Waals surface area contributed by atoms with Crippen molar-refractivity contribution >= 4 is 23.6 Å². The van der Waals surface area contributed by atoms with Crippen molar-refractivity contribution in [2.24, 2.45) is 0 Å². The van der Waals surface area contributed by atoms with Crippen molar-refractivity contribution in [1.29, 1.82) is 0 Å². The summed E-state index contributed by atoms with van der Waals surface area (Å²) < 4.78 is 0. The van der Waals surface area contributed by atoms with E-state index in [1.807, 2.05) is 11.8 Å². The fourth-order valence-corrected chi connectivity index (χ4v) is 5.75. The van der Waals surface area contributed by atoms with Crippen LogP contribution in [0.1, 0.15) is 36.9 Å². The highest BCUT2D eigenvalue weighted by Crippen LogP contribution is 2.46. The van der Waals surface area contributed by atoms with E-state index < -0.39 is 0 Å². The Morgan fingerprint density at radius 3 is 2.44 bits per heavy atom. The van der Waals surface area contributed by atoms with Crippen molar-refractivity contribution in [2.45, 2.75) is 43.7 Å². The predicted molar refractivity (Wildman–Crippen MR) is 131 cm³/mol. The van der Waals surface area contributed by atoms with Gasteiger partial charge in [0.25, 0.3) is 0 Å². The van der Waals surface area contributed by atoms with Crippen molar-refractivity contribution in [1.82, 2.24) is 25.5 Å². The number of anilines is 2. The van der Waals surface area contributed by atoms with Crippen LogP contribution in [0.2, 0.25) is 0 Å². The Labute approximate surface area is 200 Å². The summed E-state index contributed by atoms with van der Waals surface area (Å²) in [4.78, 5) is 39.9. The molecule has 3 aliphatic rings. The molecule has 1 aromatic heterocycles. The van der Waals surface area contributed by atoms with Gasteiger partial charge in [-0.05, 0) is 52.3 Å². The number of benzene rings is 1. The topological polar surface area (TPSA) is 93.7 Å². The third-order valence-corrected chi connectivity index (χ3v) is 7.83. The molecule has 5 rings (SSSR count). The van der Waals surface area contributed by atoms with Crippen LogP contribution in [0.5, 0.6) is 0 Å². The van der Waals surface area contributed by atoms with E-state index in [0.717, 1.165) is 37.1 Å². The Balaban J connectivity index is 1.33. The Morgan fingerprint density at radius 1 is 1.06 bits per heavy atom. The maximum Gasteiger partial charge on any atom is 0.322 e. The highest BCUT2D eigenvalue weighted by atomic mass is 16.2. The highest BCUT2D eigenvalue weighted by Gasteiger charge is 2.50. The molecule has 0 bridgehead atoms. The quantitative estimate of drug-likeness (QED) is 0.721. The van der Waals surface area contributed by atoms with Crippen molar-refractivity contribution < 1.29 is 9.59 Å². The fraction of sp³-hybridized carbons (Fsp3) is 0.520. The molecule has 9 nitrogen and oxygen atoms in total. The summed E-state index contributed by atoms with van der Waals surface area (Å²) in [6.07, 6.45) is 5.49. The van der Waals surface area contributed by atoms with E-state index in [1.165, 1.54) is 5.56 Å². The highest BCUT2D eigenvalue weighted by molar-refractivity contribution is 5.95. The number of aryl methyl sites for hydroxylation is 1. The average molecular weight is 464 g/mol. The third-order valence-electron chi connectivity index (χ3n) is 7.83. The molecule has 3 amide bonds. The summed E-state index contributed by atoms with van der Waals surface area (Å²) >= 11 is 0. The lowest BCUT2D eigenvalue weighted by molar-refractivity contribution is -0.120. The van der Waals surface area contributed by atoms with Gasteiger partial charge in [0.05, 0.1) is 36.2 Å². The number of nitrogens with zero attached hydrogens (tertiary/aromatic N) is 5. The lowest BCUT2D eigenvalue weighted by Gasteiger charge is -2.48. The van der Waals surface area contributed by atoms with Gasteiger partial charge in [-0.3, -0.25) is 14.6 Å². The SMILES string of the molecule is Cc1nc(N2CCNC(=O)C2)ncc1N1CC2(CCC(c3ccccc3)(N(C)C)CC2)NC1=O. The van der Waals surface area contributed by atoms with Crippen LogP contribution < -0.4 is 20.4 Å². The number of amides is 3. The molecule has 1 aromatic carbocycles. The zero-order valence-corrected chi connectivity index (χ0v) is 20.2. The molecule has 3 heterocycles. The zero-order valence-electron chi connectivity index (χ0n) is 20.2.